The van der Waals surface area contributed by atoms with E-state index < -0.39 is 6.04 Å². The molecule has 2 amide bonds. The Morgan fingerprint density at radius 3 is 2.26 bits per heavy atom. The summed E-state index contributed by atoms with van der Waals surface area (Å²) >= 11 is 16.6. The van der Waals surface area contributed by atoms with Gasteiger partial charge in [0.1, 0.15) is 11.8 Å². The minimum Gasteiger partial charge on any atom is -0.483 e. The lowest BCUT2D eigenvalue weighted by Gasteiger charge is -2.32. The van der Waals surface area contributed by atoms with E-state index in [1.165, 1.54) is 4.90 Å². The highest BCUT2D eigenvalue weighted by molar-refractivity contribution is 9.10. The molecule has 1 N–H and O–H groups in total. The number of halogens is 3. The molecule has 0 heterocycles. The number of amides is 2. The number of rotatable bonds is 11. The fourth-order valence-corrected chi connectivity index (χ4v) is 5.09. The topological polar surface area (TPSA) is 58.6 Å². The van der Waals surface area contributed by atoms with E-state index in [-0.39, 0.29) is 30.4 Å². The van der Waals surface area contributed by atoms with Crippen molar-refractivity contribution >= 4 is 50.9 Å². The summed E-state index contributed by atoms with van der Waals surface area (Å²) in [6, 6.07) is 19.8. The molecule has 3 aromatic carbocycles. The van der Waals surface area contributed by atoms with Crippen LogP contribution >= 0.6 is 39.1 Å². The van der Waals surface area contributed by atoms with Crippen molar-refractivity contribution in [1.82, 2.24) is 10.2 Å². The molecule has 0 aliphatic rings. The number of ether oxygens (including phenoxy) is 1. The van der Waals surface area contributed by atoms with Gasteiger partial charge in [0.2, 0.25) is 5.91 Å². The van der Waals surface area contributed by atoms with Crippen molar-refractivity contribution < 1.29 is 14.3 Å². The maximum Gasteiger partial charge on any atom is 0.261 e. The van der Waals surface area contributed by atoms with Crippen molar-refractivity contribution in [2.75, 3.05) is 13.2 Å². The molecule has 0 radical (unpaired) electrons. The zero-order valence-electron chi connectivity index (χ0n) is 22.8. The molecule has 0 spiro atoms. The Bertz CT molecular complexity index is 1260. The largest absolute Gasteiger partial charge is 0.483 e. The summed E-state index contributed by atoms with van der Waals surface area (Å²) in [5, 5.41) is 3.81. The first kappa shape index (κ1) is 31.0. The van der Waals surface area contributed by atoms with Crippen LogP contribution in [0.3, 0.4) is 0 Å². The molecule has 208 valence electrons. The van der Waals surface area contributed by atoms with Crippen molar-refractivity contribution in [2.45, 2.75) is 58.5 Å². The summed E-state index contributed by atoms with van der Waals surface area (Å²) in [5.74, 6) is -0.0552. The first-order chi connectivity index (χ1) is 18.5. The first-order valence-corrected chi connectivity index (χ1v) is 14.5. The highest BCUT2D eigenvalue weighted by atomic mass is 79.9. The lowest BCUT2D eigenvalue weighted by molar-refractivity contribution is -0.142. The van der Waals surface area contributed by atoms with Gasteiger partial charge in [-0.3, -0.25) is 9.59 Å². The minimum atomic E-state index is -0.797. The molecule has 1 atom stereocenters. The predicted octanol–water partition coefficient (Wildman–Crippen LogP) is 7.60. The van der Waals surface area contributed by atoms with E-state index in [1.54, 1.807) is 18.2 Å². The number of hydrogen-bond donors (Lipinski definition) is 1. The SMILES string of the molecule is CCCNC(=O)[C@@H](Cc1ccccc1)N(Cc1c(Cl)cccc1Cl)C(=O)COc1ccc(C(C)(C)C)cc1Br. The second kappa shape index (κ2) is 14.2. The standard InChI is InChI=1S/C31H35BrCl2N2O3/c1-5-16-35-30(38)27(17-21-10-7-6-8-11-21)36(19-23-25(33)12-9-13-26(23)34)29(37)20-39-28-15-14-22(18-24(28)32)31(2,3)4/h6-15,18,27H,5,16-17,19-20H2,1-4H3,(H,35,38)/t27-/m1/s1. The summed E-state index contributed by atoms with van der Waals surface area (Å²) in [4.78, 5) is 28.8. The van der Waals surface area contributed by atoms with E-state index in [4.69, 9.17) is 27.9 Å². The Balaban J connectivity index is 1.94. The molecule has 39 heavy (non-hydrogen) atoms. The predicted molar refractivity (Wildman–Crippen MR) is 163 cm³/mol. The molecular formula is C31H35BrCl2N2O3. The lowest BCUT2D eigenvalue weighted by Crippen LogP contribution is -2.51. The van der Waals surface area contributed by atoms with Gasteiger partial charge >= 0.3 is 0 Å². The van der Waals surface area contributed by atoms with Crippen molar-refractivity contribution in [3.05, 3.63) is 97.9 Å². The molecule has 0 saturated carbocycles. The minimum absolute atomic E-state index is 0.0294. The molecule has 8 heteroatoms. The molecule has 0 aliphatic heterocycles. The molecule has 0 fully saturated rings. The van der Waals surface area contributed by atoms with Crippen LogP contribution in [0.5, 0.6) is 5.75 Å². The Morgan fingerprint density at radius 2 is 1.67 bits per heavy atom. The Morgan fingerprint density at radius 1 is 1.00 bits per heavy atom. The normalized spacial score (nSPS) is 12.1. The molecule has 0 aromatic heterocycles. The maximum atomic E-state index is 13.8. The average molecular weight is 634 g/mol. The Kier molecular flexibility index (Phi) is 11.3. The third-order valence-electron chi connectivity index (χ3n) is 6.36. The van der Waals surface area contributed by atoms with Crippen LogP contribution in [-0.2, 0) is 28.0 Å². The van der Waals surface area contributed by atoms with Gasteiger partial charge < -0.3 is 15.0 Å². The summed E-state index contributed by atoms with van der Waals surface area (Å²) in [6.45, 7) is 8.68. The van der Waals surface area contributed by atoms with Gasteiger partial charge in [-0.15, -0.1) is 0 Å². The number of carbonyl (C=O) groups excluding carboxylic acids is 2. The van der Waals surface area contributed by atoms with E-state index >= 15 is 0 Å². The van der Waals surface area contributed by atoms with Gasteiger partial charge in [-0.2, -0.15) is 0 Å². The molecule has 0 unspecified atom stereocenters. The van der Waals surface area contributed by atoms with E-state index in [1.807, 2.05) is 55.5 Å². The van der Waals surface area contributed by atoms with Crippen molar-refractivity contribution in [1.29, 1.82) is 0 Å². The molecule has 3 aromatic rings. The monoisotopic (exact) mass is 632 g/mol. The number of benzene rings is 3. The highest BCUT2D eigenvalue weighted by Gasteiger charge is 2.31. The van der Waals surface area contributed by atoms with Crippen LogP contribution in [0.4, 0.5) is 0 Å². The maximum absolute atomic E-state index is 13.8. The third-order valence-corrected chi connectivity index (χ3v) is 7.69. The van der Waals surface area contributed by atoms with E-state index in [0.29, 0.717) is 34.3 Å². The van der Waals surface area contributed by atoms with Crippen molar-refractivity contribution in [2.24, 2.45) is 0 Å². The second-order valence-corrected chi connectivity index (χ2v) is 12.1. The van der Waals surface area contributed by atoms with E-state index in [2.05, 4.69) is 42.0 Å². The molecule has 3 rings (SSSR count). The summed E-state index contributed by atoms with van der Waals surface area (Å²) in [5.41, 5.74) is 2.61. The van der Waals surface area contributed by atoms with Gasteiger partial charge in [-0.1, -0.05) is 93.4 Å². The lowest BCUT2D eigenvalue weighted by atomic mass is 9.87. The number of hydrogen-bond acceptors (Lipinski definition) is 3. The summed E-state index contributed by atoms with van der Waals surface area (Å²) < 4.78 is 6.73. The zero-order valence-corrected chi connectivity index (χ0v) is 25.9. The van der Waals surface area contributed by atoms with Crippen LogP contribution in [0, 0.1) is 0 Å². The summed E-state index contributed by atoms with van der Waals surface area (Å²) in [7, 11) is 0. The Hall–Kier alpha value is -2.54. The highest BCUT2D eigenvalue weighted by Crippen LogP contribution is 2.32. The van der Waals surface area contributed by atoms with Crippen LogP contribution in [0.1, 0.15) is 50.8 Å². The smallest absolute Gasteiger partial charge is 0.261 e. The van der Waals surface area contributed by atoms with Crippen LogP contribution < -0.4 is 10.1 Å². The Labute approximate surface area is 250 Å². The van der Waals surface area contributed by atoms with Gasteiger partial charge in [0.05, 0.1) is 4.47 Å². The molecule has 0 bridgehead atoms. The zero-order chi connectivity index (χ0) is 28.6. The molecule has 5 nitrogen and oxygen atoms in total. The van der Waals surface area contributed by atoms with Gasteiger partial charge in [-0.05, 0) is 63.2 Å². The van der Waals surface area contributed by atoms with Gasteiger partial charge in [0.15, 0.2) is 6.61 Å². The van der Waals surface area contributed by atoms with Gasteiger partial charge in [-0.25, -0.2) is 0 Å². The molecule has 0 saturated heterocycles. The fraction of sp³-hybridized carbons (Fsp3) is 0.355. The quantitative estimate of drug-likeness (QED) is 0.237. The fourth-order valence-electron chi connectivity index (χ4n) is 4.08. The molecule has 0 aliphatic carbocycles. The van der Waals surface area contributed by atoms with Crippen LogP contribution in [0.25, 0.3) is 0 Å². The summed E-state index contributed by atoms with van der Waals surface area (Å²) in [6.07, 6.45) is 1.10. The van der Waals surface area contributed by atoms with Crippen LogP contribution in [-0.4, -0.2) is 35.9 Å². The van der Waals surface area contributed by atoms with Crippen LogP contribution in [0.2, 0.25) is 10.0 Å². The number of nitrogens with zero attached hydrogens (tertiary/aromatic N) is 1. The second-order valence-electron chi connectivity index (χ2n) is 10.4. The van der Waals surface area contributed by atoms with E-state index in [9.17, 15) is 9.59 Å². The molecular weight excluding hydrogens is 599 g/mol. The number of nitrogens with one attached hydrogen (secondary N) is 1. The van der Waals surface area contributed by atoms with Gasteiger partial charge in [0, 0.05) is 35.1 Å². The number of carbonyl (C=O) groups is 2. The average Bonchev–Trinajstić information content (AvgIpc) is 2.89. The van der Waals surface area contributed by atoms with E-state index in [0.717, 1.165) is 22.0 Å². The van der Waals surface area contributed by atoms with Crippen molar-refractivity contribution in [3.8, 4) is 5.75 Å². The van der Waals surface area contributed by atoms with Crippen molar-refractivity contribution in [3.63, 3.8) is 0 Å². The van der Waals surface area contributed by atoms with Gasteiger partial charge in [0.25, 0.3) is 5.91 Å². The first-order valence-electron chi connectivity index (χ1n) is 13.0. The third kappa shape index (κ3) is 8.72. The van der Waals surface area contributed by atoms with Crippen LogP contribution in [0.15, 0.2) is 71.2 Å².